The van der Waals surface area contributed by atoms with Gasteiger partial charge in [0.2, 0.25) is 0 Å². The Morgan fingerprint density at radius 3 is 3.12 bits per heavy atom. The largest absolute Gasteiger partial charge is 0.381 e. The van der Waals surface area contributed by atoms with Crippen LogP contribution in [0.25, 0.3) is 0 Å². The Balaban J connectivity index is 1.81. The highest BCUT2D eigenvalue weighted by Gasteiger charge is 2.14. The highest BCUT2D eigenvalue weighted by molar-refractivity contribution is 5.34. The van der Waals surface area contributed by atoms with Crippen LogP contribution >= 0.6 is 0 Å². The molecular formula is C12H16N2O3. The molecular weight excluding hydrogens is 220 g/mol. The fourth-order valence-electron chi connectivity index (χ4n) is 1.94. The average Bonchev–Trinajstić information content (AvgIpc) is 2.82. The highest BCUT2D eigenvalue weighted by atomic mass is 16.6. The van der Waals surface area contributed by atoms with Crippen LogP contribution in [0.3, 0.4) is 0 Å². The SMILES string of the molecule is O=[N+]([O-])c1cccc(CNCC2CCOC2)c1. The molecule has 1 fully saturated rings. The quantitative estimate of drug-likeness (QED) is 0.624. The number of benzene rings is 1. The zero-order chi connectivity index (χ0) is 12.1. The van der Waals surface area contributed by atoms with Crippen molar-refractivity contribution in [2.45, 2.75) is 13.0 Å². The molecule has 1 heterocycles. The standard InChI is InChI=1S/C12H16N2O3/c15-14(16)12-3-1-2-10(6-12)7-13-8-11-4-5-17-9-11/h1-3,6,11,13H,4-5,7-9H2. The second-order valence-corrected chi connectivity index (χ2v) is 4.29. The van der Waals surface area contributed by atoms with Gasteiger partial charge in [-0.15, -0.1) is 0 Å². The number of nitro groups is 1. The lowest BCUT2D eigenvalue weighted by Gasteiger charge is -2.09. The fraction of sp³-hybridized carbons (Fsp3) is 0.500. The zero-order valence-corrected chi connectivity index (χ0v) is 9.59. The molecule has 1 atom stereocenters. The monoisotopic (exact) mass is 236 g/mol. The third-order valence-corrected chi connectivity index (χ3v) is 2.91. The van der Waals surface area contributed by atoms with E-state index in [1.165, 1.54) is 6.07 Å². The molecule has 0 aliphatic carbocycles. The van der Waals surface area contributed by atoms with E-state index in [9.17, 15) is 10.1 Å². The number of hydrogen-bond acceptors (Lipinski definition) is 4. The summed E-state index contributed by atoms with van der Waals surface area (Å²) in [7, 11) is 0. The summed E-state index contributed by atoms with van der Waals surface area (Å²) in [6.07, 6.45) is 1.10. The minimum absolute atomic E-state index is 0.147. The van der Waals surface area contributed by atoms with Crippen molar-refractivity contribution in [3.63, 3.8) is 0 Å². The molecule has 1 aliphatic heterocycles. The van der Waals surface area contributed by atoms with Crippen LogP contribution in [0.1, 0.15) is 12.0 Å². The molecule has 0 amide bonds. The van der Waals surface area contributed by atoms with Crippen LogP contribution in [0.15, 0.2) is 24.3 Å². The molecule has 5 heteroatoms. The third kappa shape index (κ3) is 3.51. The number of nitro benzene ring substituents is 1. The van der Waals surface area contributed by atoms with Gasteiger partial charge >= 0.3 is 0 Å². The van der Waals surface area contributed by atoms with E-state index in [1.54, 1.807) is 12.1 Å². The van der Waals surface area contributed by atoms with Crippen molar-refractivity contribution in [2.24, 2.45) is 5.92 Å². The second-order valence-electron chi connectivity index (χ2n) is 4.29. The van der Waals surface area contributed by atoms with E-state index in [-0.39, 0.29) is 10.6 Å². The molecule has 1 aromatic rings. The van der Waals surface area contributed by atoms with Gasteiger partial charge in [-0.1, -0.05) is 12.1 Å². The number of nitrogens with zero attached hydrogens (tertiary/aromatic N) is 1. The Bertz CT molecular complexity index is 389. The minimum Gasteiger partial charge on any atom is -0.381 e. The van der Waals surface area contributed by atoms with Crippen LogP contribution in [-0.4, -0.2) is 24.7 Å². The molecule has 5 nitrogen and oxygen atoms in total. The maximum Gasteiger partial charge on any atom is 0.269 e. The van der Waals surface area contributed by atoms with Crippen LogP contribution in [0.5, 0.6) is 0 Å². The molecule has 1 aliphatic rings. The molecule has 2 rings (SSSR count). The lowest BCUT2D eigenvalue weighted by atomic mass is 10.1. The van der Waals surface area contributed by atoms with Gasteiger partial charge in [0.1, 0.15) is 0 Å². The van der Waals surface area contributed by atoms with Crippen LogP contribution < -0.4 is 5.32 Å². The normalized spacial score (nSPS) is 19.4. The lowest BCUT2D eigenvalue weighted by Crippen LogP contribution is -2.22. The van der Waals surface area contributed by atoms with Crippen molar-refractivity contribution in [2.75, 3.05) is 19.8 Å². The average molecular weight is 236 g/mol. The fourth-order valence-corrected chi connectivity index (χ4v) is 1.94. The van der Waals surface area contributed by atoms with E-state index in [0.717, 1.165) is 31.7 Å². The predicted octanol–water partition coefficient (Wildman–Crippen LogP) is 1.72. The van der Waals surface area contributed by atoms with Crippen LogP contribution in [0.2, 0.25) is 0 Å². The number of nitrogens with one attached hydrogen (secondary N) is 1. The van der Waals surface area contributed by atoms with Gasteiger partial charge in [-0.2, -0.15) is 0 Å². The van der Waals surface area contributed by atoms with Crippen LogP contribution in [-0.2, 0) is 11.3 Å². The van der Waals surface area contributed by atoms with Crippen molar-refractivity contribution >= 4 is 5.69 Å². The Kier molecular flexibility index (Phi) is 4.06. The first kappa shape index (κ1) is 12.0. The summed E-state index contributed by atoms with van der Waals surface area (Å²) in [5, 5.41) is 13.9. The van der Waals surface area contributed by atoms with E-state index < -0.39 is 0 Å². The lowest BCUT2D eigenvalue weighted by molar-refractivity contribution is -0.384. The first-order chi connectivity index (χ1) is 8.25. The Morgan fingerprint density at radius 2 is 2.41 bits per heavy atom. The Morgan fingerprint density at radius 1 is 1.53 bits per heavy atom. The molecule has 1 aromatic carbocycles. The highest BCUT2D eigenvalue weighted by Crippen LogP contribution is 2.14. The number of rotatable bonds is 5. The van der Waals surface area contributed by atoms with Gasteiger partial charge < -0.3 is 10.1 Å². The smallest absolute Gasteiger partial charge is 0.269 e. The van der Waals surface area contributed by atoms with Gasteiger partial charge in [-0.3, -0.25) is 10.1 Å². The Hall–Kier alpha value is -1.46. The molecule has 92 valence electrons. The van der Waals surface area contributed by atoms with E-state index in [0.29, 0.717) is 12.5 Å². The Labute approximate surface area is 99.9 Å². The topological polar surface area (TPSA) is 64.4 Å². The van der Waals surface area contributed by atoms with Crippen molar-refractivity contribution in [1.82, 2.24) is 5.32 Å². The van der Waals surface area contributed by atoms with Gasteiger partial charge in [0.25, 0.3) is 5.69 Å². The summed E-state index contributed by atoms with van der Waals surface area (Å²) >= 11 is 0. The van der Waals surface area contributed by atoms with Crippen molar-refractivity contribution in [3.05, 3.63) is 39.9 Å². The molecule has 0 spiro atoms. The maximum atomic E-state index is 10.6. The van der Waals surface area contributed by atoms with E-state index in [4.69, 9.17) is 4.74 Å². The van der Waals surface area contributed by atoms with Crippen LogP contribution in [0.4, 0.5) is 5.69 Å². The summed E-state index contributed by atoms with van der Waals surface area (Å²) in [4.78, 5) is 10.2. The number of ether oxygens (including phenoxy) is 1. The van der Waals surface area contributed by atoms with Crippen LogP contribution in [0, 0.1) is 16.0 Å². The van der Waals surface area contributed by atoms with Gasteiger partial charge in [0, 0.05) is 31.8 Å². The zero-order valence-electron chi connectivity index (χ0n) is 9.59. The van der Waals surface area contributed by atoms with Gasteiger partial charge in [0.05, 0.1) is 11.5 Å². The molecule has 0 bridgehead atoms. The molecule has 1 saturated heterocycles. The molecule has 0 radical (unpaired) electrons. The second kappa shape index (κ2) is 5.75. The van der Waals surface area contributed by atoms with Gasteiger partial charge in [-0.05, 0) is 17.9 Å². The number of hydrogen-bond donors (Lipinski definition) is 1. The van der Waals surface area contributed by atoms with E-state index in [2.05, 4.69) is 5.32 Å². The molecule has 17 heavy (non-hydrogen) atoms. The first-order valence-corrected chi connectivity index (χ1v) is 5.77. The molecule has 0 aromatic heterocycles. The first-order valence-electron chi connectivity index (χ1n) is 5.77. The summed E-state index contributed by atoms with van der Waals surface area (Å²) in [5.74, 6) is 0.577. The molecule has 1 N–H and O–H groups in total. The van der Waals surface area contributed by atoms with E-state index in [1.807, 2.05) is 6.07 Å². The minimum atomic E-state index is -0.367. The summed E-state index contributed by atoms with van der Waals surface area (Å²) < 4.78 is 5.28. The predicted molar refractivity (Wildman–Crippen MR) is 63.7 cm³/mol. The van der Waals surface area contributed by atoms with Crippen molar-refractivity contribution in [1.29, 1.82) is 0 Å². The summed E-state index contributed by atoms with van der Waals surface area (Å²) in [6, 6.07) is 6.73. The van der Waals surface area contributed by atoms with Gasteiger partial charge in [-0.25, -0.2) is 0 Å². The molecule has 1 unspecified atom stereocenters. The third-order valence-electron chi connectivity index (χ3n) is 2.91. The summed E-state index contributed by atoms with van der Waals surface area (Å²) in [6.45, 7) is 3.24. The van der Waals surface area contributed by atoms with E-state index >= 15 is 0 Å². The van der Waals surface area contributed by atoms with Gasteiger partial charge in [0.15, 0.2) is 0 Å². The maximum absolute atomic E-state index is 10.6. The van der Waals surface area contributed by atoms with Crippen molar-refractivity contribution < 1.29 is 9.66 Å². The number of non-ortho nitro benzene ring substituents is 1. The summed E-state index contributed by atoms with van der Waals surface area (Å²) in [5.41, 5.74) is 1.09. The van der Waals surface area contributed by atoms with Crippen molar-refractivity contribution in [3.8, 4) is 0 Å². The molecule has 0 saturated carbocycles.